The third kappa shape index (κ3) is 4.66. The molecule has 9 nitrogen and oxygen atoms in total. The molecule has 2 fully saturated rings. The Bertz CT molecular complexity index is 785. The lowest BCUT2D eigenvalue weighted by Crippen LogP contribution is -2.38. The monoisotopic (exact) mass is 424 g/mol. The molecule has 0 aromatic carbocycles. The number of rotatable bonds is 4. The van der Waals surface area contributed by atoms with Crippen LogP contribution in [-0.4, -0.2) is 60.5 Å². The summed E-state index contributed by atoms with van der Waals surface area (Å²) in [6.45, 7) is 7.43. The molecule has 2 aliphatic heterocycles. The van der Waals surface area contributed by atoms with Crippen molar-refractivity contribution < 1.29 is 42.9 Å². The molecule has 0 spiro atoms. The van der Waals surface area contributed by atoms with E-state index in [4.69, 9.17) is 23.7 Å². The van der Waals surface area contributed by atoms with E-state index in [1.54, 1.807) is 0 Å². The molecule has 6 unspecified atom stereocenters. The first-order chi connectivity index (χ1) is 14.0. The number of ether oxygens (including phenoxy) is 5. The molecule has 30 heavy (non-hydrogen) atoms. The first-order valence-electron chi connectivity index (χ1n) is 10.1. The van der Waals surface area contributed by atoms with Crippen LogP contribution in [0.1, 0.15) is 53.9 Å². The van der Waals surface area contributed by atoms with Gasteiger partial charge < -0.3 is 23.7 Å². The molecule has 6 atom stereocenters. The van der Waals surface area contributed by atoms with Crippen LogP contribution in [0.15, 0.2) is 11.1 Å². The summed E-state index contributed by atoms with van der Waals surface area (Å²) >= 11 is 0. The van der Waals surface area contributed by atoms with Crippen molar-refractivity contribution in [3.63, 3.8) is 0 Å². The van der Waals surface area contributed by atoms with E-state index >= 15 is 0 Å². The highest BCUT2D eigenvalue weighted by molar-refractivity contribution is 5.93. The topological polar surface area (TPSA) is 118 Å². The summed E-state index contributed by atoms with van der Waals surface area (Å²) in [5, 5.41) is 0. The molecule has 0 aromatic heterocycles. The van der Waals surface area contributed by atoms with Crippen molar-refractivity contribution in [3.8, 4) is 0 Å². The Morgan fingerprint density at radius 2 is 1.77 bits per heavy atom. The molecule has 0 N–H and O–H groups in total. The summed E-state index contributed by atoms with van der Waals surface area (Å²) in [5.41, 5.74) is 0.0160. The normalized spacial score (nSPS) is 35.5. The molecule has 3 aliphatic rings. The van der Waals surface area contributed by atoms with E-state index in [0.29, 0.717) is 24.8 Å². The third-order valence-electron chi connectivity index (χ3n) is 5.89. The Hall–Kier alpha value is -2.42. The molecular weight excluding hydrogens is 396 g/mol. The lowest BCUT2D eigenvalue weighted by molar-refractivity contribution is -0.152. The Morgan fingerprint density at radius 1 is 1.10 bits per heavy atom. The predicted molar refractivity (Wildman–Crippen MR) is 101 cm³/mol. The van der Waals surface area contributed by atoms with Crippen LogP contribution in [0.25, 0.3) is 0 Å². The lowest BCUT2D eigenvalue weighted by atomic mass is 9.82. The summed E-state index contributed by atoms with van der Waals surface area (Å²) in [6, 6.07) is 0. The average Bonchev–Trinajstić information content (AvgIpc) is 3.19. The van der Waals surface area contributed by atoms with Gasteiger partial charge in [-0.25, -0.2) is 4.79 Å². The van der Waals surface area contributed by atoms with E-state index < -0.39 is 41.8 Å². The van der Waals surface area contributed by atoms with Gasteiger partial charge in [-0.3, -0.25) is 14.4 Å². The fourth-order valence-electron chi connectivity index (χ4n) is 4.32. The molecule has 0 amide bonds. The first-order valence-corrected chi connectivity index (χ1v) is 10.1. The molecule has 2 heterocycles. The van der Waals surface area contributed by atoms with Crippen LogP contribution in [0.5, 0.6) is 0 Å². The van der Waals surface area contributed by atoms with Gasteiger partial charge in [0.15, 0.2) is 6.10 Å². The van der Waals surface area contributed by atoms with Gasteiger partial charge >= 0.3 is 23.9 Å². The van der Waals surface area contributed by atoms with Crippen molar-refractivity contribution >= 4 is 23.9 Å². The van der Waals surface area contributed by atoms with Crippen LogP contribution in [0.3, 0.4) is 0 Å². The van der Waals surface area contributed by atoms with Crippen molar-refractivity contribution in [2.75, 3.05) is 6.61 Å². The molecule has 3 rings (SSSR count). The van der Waals surface area contributed by atoms with Gasteiger partial charge in [0, 0.05) is 26.3 Å². The van der Waals surface area contributed by atoms with Gasteiger partial charge in [0.1, 0.15) is 24.9 Å². The Labute approximate surface area is 175 Å². The summed E-state index contributed by atoms with van der Waals surface area (Å²) in [6.07, 6.45) is -0.855. The Balaban J connectivity index is 2.01. The number of hydrogen-bond acceptors (Lipinski definition) is 9. The molecule has 9 heteroatoms. The van der Waals surface area contributed by atoms with Crippen LogP contribution in [0.2, 0.25) is 0 Å². The van der Waals surface area contributed by atoms with Crippen LogP contribution in [0.4, 0.5) is 0 Å². The largest absolute Gasteiger partial charge is 0.462 e. The highest BCUT2D eigenvalue weighted by atomic mass is 16.6. The summed E-state index contributed by atoms with van der Waals surface area (Å²) in [7, 11) is 0. The fourth-order valence-corrected chi connectivity index (χ4v) is 4.32. The van der Waals surface area contributed by atoms with Crippen LogP contribution < -0.4 is 0 Å². The van der Waals surface area contributed by atoms with E-state index in [1.165, 1.54) is 20.8 Å². The van der Waals surface area contributed by atoms with Crippen LogP contribution in [0, 0.1) is 5.92 Å². The number of esters is 4. The maximum atomic E-state index is 12.6. The van der Waals surface area contributed by atoms with Crippen molar-refractivity contribution in [1.29, 1.82) is 0 Å². The second kappa shape index (κ2) is 8.37. The maximum absolute atomic E-state index is 12.6. The van der Waals surface area contributed by atoms with Crippen molar-refractivity contribution in [3.05, 3.63) is 11.1 Å². The number of hydrogen-bond donors (Lipinski definition) is 0. The third-order valence-corrected chi connectivity index (χ3v) is 5.89. The van der Waals surface area contributed by atoms with Crippen molar-refractivity contribution in [2.45, 2.75) is 83.9 Å². The molecule has 1 aliphatic carbocycles. The zero-order valence-corrected chi connectivity index (χ0v) is 17.9. The lowest BCUT2D eigenvalue weighted by Gasteiger charge is -2.30. The fraction of sp³-hybridized carbons (Fsp3) is 0.714. The van der Waals surface area contributed by atoms with E-state index in [-0.39, 0.29) is 30.2 Å². The average molecular weight is 424 g/mol. The smallest absolute Gasteiger partial charge is 0.338 e. The number of carbonyl (C=O) groups excluding carboxylic acids is 4. The molecule has 0 aromatic rings. The van der Waals surface area contributed by atoms with Gasteiger partial charge in [0.25, 0.3) is 0 Å². The maximum Gasteiger partial charge on any atom is 0.338 e. The van der Waals surface area contributed by atoms with Crippen LogP contribution >= 0.6 is 0 Å². The molecule has 0 bridgehead atoms. The summed E-state index contributed by atoms with van der Waals surface area (Å²) < 4.78 is 27.7. The first kappa shape index (κ1) is 22.3. The highest BCUT2D eigenvalue weighted by Crippen LogP contribution is 2.49. The van der Waals surface area contributed by atoms with Gasteiger partial charge in [-0.05, 0) is 32.1 Å². The minimum atomic E-state index is -0.827. The van der Waals surface area contributed by atoms with Gasteiger partial charge in [0.05, 0.1) is 11.2 Å². The van der Waals surface area contributed by atoms with E-state index in [2.05, 4.69) is 0 Å². The molecule has 1 saturated heterocycles. The Kier molecular flexibility index (Phi) is 6.21. The molecule has 0 radical (unpaired) electrons. The van der Waals surface area contributed by atoms with E-state index in [1.807, 2.05) is 13.8 Å². The van der Waals surface area contributed by atoms with E-state index in [0.717, 1.165) is 0 Å². The molecular formula is C21H28O9. The number of fused-ring (bicyclic) bond motifs is 2. The van der Waals surface area contributed by atoms with Crippen molar-refractivity contribution in [2.24, 2.45) is 5.92 Å². The van der Waals surface area contributed by atoms with Gasteiger partial charge in [-0.15, -0.1) is 0 Å². The Morgan fingerprint density at radius 3 is 2.37 bits per heavy atom. The summed E-state index contributed by atoms with van der Waals surface area (Å²) in [4.78, 5) is 47.4. The van der Waals surface area contributed by atoms with Crippen LogP contribution in [-0.2, 0) is 42.9 Å². The summed E-state index contributed by atoms with van der Waals surface area (Å²) in [5.74, 6) is -2.19. The number of epoxide rings is 1. The second-order valence-electron chi connectivity index (χ2n) is 8.39. The SMILES string of the molecule is CC(=O)OCC1=C2C(CC(C)C(OC(C)=O)CCC3(C)OC3C2OC(C)=O)OC1=O. The quantitative estimate of drug-likeness (QED) is 0.377. The standard InChI is InChI=1S/C21H28O9/c1-10-8-16-17(14(20(25)29-16)9-26-11(2)22)18(28-13(4)24)19-21(5,30-19)7-6-15(10)27-12(3)23/h10,15-16,18-19H,6-9H2,1-5H3. The molecule has 1 saturated carbocycles. The van der Waals surface area contributed by atoms with Gasteiger partial charge in [-0.1, -0.05) is 6.92 Å². The van der Waals surface area contributed by atoms with E-state index in [9.17, 15) is 19.2 Å². The minimum Gasteiger partial charge on any atom is -0.462 e. The predicted octanol–water partition coefficient (Wildman–Crippen LogP) is 1.61. The second-order valence-corrected chi connectivity index (χ2v) is 8.39. The van der Waals surface area contributed by atoms with Gasteiger partial charge in [0.2, 0.25) is 0 Å². The van der Waals surface area contributed by atoms with Gasteiger partial charge in [-0.2, -0.15) is 0 Å². The zero-order valence-electron chi connectivity index (χ0n) is 17.9. The zero-order chi connectivity index (χ0) is 22.2. The van der Waals surface area contributed by atoms with Crippen molar-refractivity contribution in [1.82, 2.24) is 0 Å². The highest BCUT2D eigenvalue weighted by Gasteiger charge is 2.61. The number of carbonyl (C=O) groups is 4. The minimum absolute atomic E-state index is 0.133. The molecule has 166 valence electrons.